The minimum Gasteiger partial charge on any atom is -0.493 e. The number of hydrazone groups is 1. The van der Waals surface area contributed by atoms with Crippen molar-refractivity contribution >= 4 is 17.3 Å². The summed E-state index contributed by atoms with van der Waals surface area (Å²) in [6, 6.07) is 11.0. The summed E-state index contributed by atoms with van der Waals surface area (Å²) in [6.45, 7) is 1.99. The van der Waals surface area contributed by atoms with Gasteiger partial charge < -0.3 is 14.2 Å². The number of rotatable bonds is 6. The number of nitrogens with zero attached hydrogens (tertiary/aromatic N) is 2. The molecular formula is C19H19N3O6. The molecule has 0 spiro atoms. The number of amides is 1. The van der Waals surface area contributed by atoms with Gasteiger partial charge in [-0.1, -0.05) is 6.07 Å². The van der Waals surface area contributed by atoms with Crippen LogP contribution < -0.4 is 19.6 Å². The Kier molecular flexibility index (Phi) is 5.73. The molecule has 1 aliphatic heterocycles. The molecule has 0 bridgehead atoms. The first-order valence-corrected chi connectivity index (χ1v) is 8.57. The first-order valence-electron chi connectivity index (χ1n) is 8.57. The summed E-state index contributed by atoms with van der Waals surface area (Å²) >= 11 is 0. The second kappa shape index (κ2) is 8.38. The summed E-state index contributed by atoms with van der Waals surface area (Å²) in [7, 11) is 1.56. The maximum absolute atomic E-state index is 12.3. The summed E-state index contributed by atoms with van der Waals surface area (Å²) in [4.78, 5) is 22.5. The fraction of sp³-hybridized carbons (Fsp3) is 0.263. The van der Waals surface area contributed by atoms with Crippen LogP contribution in [0.3, 0.4) is 0 Å². The number of fused-ring (bicyclic) bond motifs is 1. The van der Waals surface area contributed by atoms with Gasteiger partial charge in [0.15, 0.2) is 17.6 Å². The van der Waals surface area contributed by atoms with Gasteiger partial charge in [-0.15, -0.1) is 0 Å². The Labute approximate surface area is 161 Å². The van der Waals surface area contributed by atoms with Crippen LogP contribution in [-0.2, 0) is 4.79 Å². The zero-order valence-corrected chi connectivity index (χ0v) is 15.4. The van der Waals surface area contributed by atoms with Gasteiger partial charge in [0.2, 0.25) is 0 Å². The second-order valence-electron chi connectivity index (χ2n) is 5.98. The quantitative estimate of drug-likeness (QED) is 0.604. The Morgan fingerprint density at radius 2 is 2.04 bits per heavy atom. The summed E-state index contributed by atoms with van der Waals surface area (Å²) in [5.41, 5.74) is 3.88. The van der Waals surface area contributed by atoms with E-state index >= 15 is 0 Å². The smallest absolute Gasteiger partial charge is 0.280 e. The number of nitro benzene ring substituents is 1. The monoisotopic (exact) mass is 385 g/mol. The molecule has 9 nitrogen and oxygen atoms in total. The van der Waals surface area contributed by atoms with Gasteiger partial charge >= 0.3 is 0 Å². The minimum atomic E-state index is -0.838. The molecule has 0 saturated carbocycles. The predicted octanol–water partition coefficient (Wildman–Crippen LogP) is 2.67. The van der Waals surface area contributed by atoms with Crippen molar-refractivity contribution in [2.45, 2.75) is 19.4 Å². The van der Waals surface area contributed by atoms with Gasteiger partial charge in [-0.05, 0) is 31.2 Å². The van der Waals surface area contributed by atoms with E-state index in [1.165, 1.54) is 24.3 Å². The van der Waals surface area contributed by atoms with Crippen LogP contribution in [-0.4, -0.2) is 36.4 Å². The van der Waals surface area contributed by atoms with E-state index in [-0.39, 0.29) is 5.69 Å². The van der Waals surface area contributed by atoms with Crippen molar-refractivity contribution in [2.75, 3.05) is 13.7 Å². The van der Waals surface area contributed by atoms with E-state index < -0.39 is 16.9 Å². The fourth-order valence-electron chi connectivity index (χ4n) is 2.67. The first-order chi connectivity index (χ1) is 13.5. The molecule has 1 atom stereocenters. The number of nitrogens with one attached hydrogen (secondary N) is 1. The van der Waals surface area contributed by atoms with E-state index in [2.05, 4.69) is 10.5 Å². The molecule has 1 heterocycles. The molecule has 28 heavy (non-hydrogen) atoms. The molecule has 3 rings (SSSR count). The molecule has 0 unspecified atom stereocenters. The SMILES string of the molecule is COc1cccc2c1OCC/C2=N/NC(=O)[C@@H](C)Oc1ccc([N+](=O)[O-])cc1. The summed E-state index contributed by atoms with van der Waals surface area (Å²) in [5, 5.41) is 14.9. The number of carbonyl (C=O) groups excluding carboxylic acids is 1. The highest BCUT2D eigenvalue weighted by Crippen LogP contribution is 2.34. The van der Waals surface area contributed by atoms with Crippen LogP contribution in [0, 0.1) is 10.1 Å². The standard InChI is InChI=1S/C19H19N3O6/c1-12(28-14-8-6-13(7-9-14)22(24)25)19(23)21-20-16-10-11-27-18-15(16)4-3-5-17(18)26-2/h3-9,12H,10-11H2,1-2H3,(H,21,23)/b20-16-/t12-/m1/s1. The van der Waals surface area contributed by atoms with Gasteiger partial charge in [0.25, 0.3) is 11.6 Å². The third kappa shape index (κ3) is 4.20. The van der Waals surface area contributed by atoms with E-state index in [4.69, 9.17) is 14.2 Å². The lowest BCUT2D eigenvalue weighted by atomic mass is 10.0. The average Bonchev–Trinajstić information content (AvgIpc) is 2.71. The van der Waals surface area contributed by atoms with Crippen LogP contribution in [0.1, 0.15) is 18.9 Å². The van der Waals surface area contributed by atoms with E-state index in [1.807, 2.05) is 12.1 Å². The van der Waals surface area contributed by atoms with Gasteiger partial charge in [-0.2, -0.15) is 5.10 Å². The van der Waals surface area contributed by atoms with Crippen molar-refractivity contribution in [3.8, 4) is 17.2 Å². The van der Waals surface area contributed by atoms with Crippen LogP contribution in [0.5, 0.6) is 17.2 Å². The number of non-ortho nitro benzene ring substituents is 1. The van der Waals surface area contributed by atoms with Crippen LogP contribution in [0.4, 0.5) is 5.69 Å². The Bertz CT molecular complexity index is 910. The van der Waals surface area contributed by atoms with E-state index in [9.17, 15) is 14.9 Å². The molecule has 0 aromatic heterocycles. The molecule has 1 N–H and O–H groups in total. The van der Waals surface area contributed by atoms with Crippen molar-refractivity contribution < 1.29 is 23.9 Å². The lowest BCUT2D eigenvalue weighted by molar-refractivity contribution is -0.384. The molecule has 1 amide bonds. The molecule has 0 fully saturated rings. The normalized spacial score (nSPS) is 15.1. The fourth-order valence-corrected chi connectivity index (χ4v) is 2.67. The van der Waals surface area contributed by atoms with Crippen molar-refractivity contribution in [1.29, 1.82) is 0 Å². The Morgan fingerprint density at radius 3 is 2.71 bits per heavy atom. The third-order valence-electron chi connectivity index (χ3n) is 4.13. The van der Waals surface area contributed by atoms with Crippen molar-refractivity contribution in [3.05, 3.63) is 58.1 Å². The molecule has 2 aromatic rings. The molecular weight excluding hydrogens is 366 g/mol. The number of methoxy groups -OCH3 is 1. The molecule has 2 aromatic carbocycles. The first kappa shape index (κ1) is 19.2. The number of carbonyl (C=O) groups is 1. The average molecular weight is 385 g/mol. The van der Waals surface area contributed by atoms with Crippen LogP contribution >= 0.6 is 0 Å². The lowest BCUT2D eigenvalue weighted by Crippen LogP contribution is -2.34. The minimum absolute atomic E-state index is 0.0514. The largest absolute Gasteiger partial charge is 0.493 e. The second-order valence-corrected chi connectivity index (χ2v) is 5.98. The zero-order valence-electron chi connectivity index (χ0n) is 15.4. The Balaban J connectivity index is 1.66. The number of hydrogen-bond donors (Lipinski definition) is 1. The van der Waals surface area contributed by atoms with Gasteiger partial charge in [0, 0.05) is 24.1 Å². The van der Waals surface area contributed by atoms with Crippen molar-refractivity contribution in [3.63, 3.8) is 0 Å². The van der Waals surface area contributed by atoms with Gasteiger partial charge in [0.1, 0.15) is 5.75 Å². The van der Waals surface area contributed by atoms with Crippen LogP contribution in [0.25, 0.3) is 0 Å². The molecule has 0 aliphatic carbocycles. The number of para-hydroxylation sites is 1. The highest BCUT2D eigenvalue weighted by atomic mass is 16.6. The summed E-state index contributed by atoms with van der Waals surface area (Å²) in [6.07, 6.45) is -0.298. The summed E-state index contributed by atoms with van der Waals surface area (Å²) < 4.78 is 16.4. The molecule has 0 saturated heterocycles. The van der Waals surface area contributed by atoms with E-state index in [0.29, 0.717) is 36.0 Å². The number of ether oxygens (including phenoxy) is 3. The highest BCUT2D eigenvalue weighted by molar-refractivity contribution is 6.04. The number of hydrogen-bond acceptors (Lipinski definition) is 7. The maximum atomic E-state index is 12.3. The molecule has 1 aliphatic rings. The Morgan fingerprint density at radius 1 is 1.29 bits per heavy atom. The van der Waals surface area contributed by atoms with Crippen LogP contribution in [0.2, 0.25) is 0 Å². The number of nitro groups is 1. The zero-order chi connectivity index (χ0) is 20.1. The van der Waals surface area contributed by atoms with Gasteiger partial charge in [-0.25, -0.2) is 5.43 Å². The molecule has 0 radical (unpaired) electrons. The summed E-state index contributed by atoms with van der Waals surface area (Å²) in [5.74, 6) is 1.11. The maximum Gasteiger partial charge on any atom is 0.280 e. The highest BCUT2D eigenvalue weighted by Gasteiger charge is 2.21. The van der Waals surface area contributed by atoms with Crippen molar-refractivity contribution in [2.24, 2.45) is 5.10 Å². The van der Waals surface area contributed by atoms with Gasteiger partial charge in [-0.3, -0.25) is 14.9 Å². The van der Waals surface area contributed by atoms with E-state index in [0.717, 1.165) is 5.56 Å². The lowest BCUT2D eigenvalue weighted by Gasteiger charge is -2.21. The van der Waals surface area contributed by atoms with Crippen LogP contribution in [0.15, 0.2) is 47.6 Å². The van der Waals surface area contributed by atoms with Gasteiger partial charge in [0.05, 0.1) is 24.4 Å². The molecule has 146 valence electrons. The third-order valence-corrected chi connectivity index (χ3v) is 4.13. The van der Waals surface area contributed by atoms with Crippen molar-refractivity contribution in [1.82, 2.24) is 5.43 Å². The molecule has 9 heteroatoms. The Hall–Kier alpha value is -3.62. The van der Waals surface area contributed by atoms with E-state index in [1.54, 1.807) is 20.1 Å². The number of benzene rings is 2. The topological polar surface area (TPSA) is 112 Å². The predicted molar refractivity (Wildman–Crippen MR) is 101 cm³/mol.